The molecule has 15 heavy (non-hydrogen) atoms. The highest BCUT2D eigenvalue weighted by atomic mass is 79.9. The van der Waals surface area contributed by atoms with Gasteiger partial charge in [0.05, 0.1) is 0 Å². The fraction of sp³-hybridized carbons (Fsp3) is 0.571. The van der Waals surface area contributed by atoms with E-state index in [4.69, 9.17) is 0 Å². The minimum Gasteiger partial charge on any atom is -0.0891 e. The molecule has 0 amide bonds. The fourth-order valence-electron chi connectivity index (χ4n) is 2.52. The first-order chi connectivity index (χ1) is 7.34. The summed E-state index contributed by atoms with van der Waals surface area (Å²) in [4.78, 5) is 0.805. The Balaban J connectivity index is 1.67. The van der Waals surface area contributed by atoms with Crippen LogP contribution in [-0.4, -0.2) is 4.83 Å². The van der Waals surface area contributed by atoms with Gasteiger partial charge in [0.15, 0.2) is 0 Å². The molecule has 1 aliphatic rings. The summed E-state index contributed by atoms with van der Waals surface area (Å²) in [6.07, 6.45) is 8.24. The molecule has 1 saturated carbocycles. The quantitative estimate of drug-likeness (QED) is 0.701. The largest absolute Gasteiger partial charge is 0.0891 e. The highest BCUT2D eigenvalue weighted by molar-refractivity contribution is 9.09. The second-order valence-electron chi connectivity index (χ2n) is 4.65. The van der Waals surface area contributed by atoms with Gasteiger partial charge in [0.25, 0.3) is 0 Å². The number of aryl methyl sites for hydroxylation is 1. The molecule has 0 N–H and O–H groups in total. The molecule has 0 spiro atoms. The molecule has 0 heterocycles. The first-order valence-electron chi connectivity index (χ1n) is 6.02. The van der Waals surface area contributed by atoms with E-state index in [1.165, 1.54) is 44.1 Å². The Morgan fingerprint density at radius 3 is 2.60 bits per heavy atom. The SMILES string of the molecule is BrC1CCC(CCCc2ccccc2)C1. The molecule has 1 fully saturated rings. The van der Waals surface area contributed by atoms with Gasteiger partial charge < -0.3 is 0 Å². The number of hydrogen-bond donors (Lipinski definition) is 0. The first kappa shape index (κ1) is 11.2. The van der Waals surface area contributed by atoms with Crippen LogP contribution in [0.1, 0.15) is 37.7 Å². The third-order valence-electron chi connectivity index (χ3n) is 3.40. The van der Waals surface area contributed by atoms with Crippen molar-refractivity contribution in [3.05, 3.63) is 35.9 Å². The Kier molecular flexibility index (Phi) is 4.25. The molecule has 0 saturated heterocycles. The van der Waals surface area contributed by atoms with Gasteiger partial charge in [-0.25, -0.2) is 0 Å². The van der Waals surface area contributed by atoms with Crippen molar-refractivity contribution in [2.75, 3.05) is 0 Å². The summed E-state index contributed by atoms with van der Waals surface area (Å²) in [5, 5.41) is 0. The van der Waals surface area contributed by atoms with Gasteiger partial charge in [0.1, 0.15) is 0 Å². The zero-order valence-electron chi connectivity index (χ0n) is 9.16. The van der Waals surface area contributed by atoms with Crippen molar-refractivity contribution in [2.45, 2.75) is 43.4 Å². The molecule has 0 nitrogen and oxygen atoms in total. The van der Waals surface area contributed by atoms with Gasteiger partial charge in [0.2, 0.25) is 0 Å². The smallest absolute Gasteiger partial charge is 0.0148 e. The topological polar surface area (TPSA) is 0 Å². The van der Waals surface area contributed by atoms with Crippen molar-refractivity contribution in [3.8, 4) is 0 Å². The number of hydrogen-bond acceptors (Lipinski definition) is 0. The molecule has 82 valence electrons. The maximum absolute atomic E-state index is 3.72. The summed E-state index contributed by atoms with van der Waals surface area (Å²) >= 11 is 3.72. The van der Waals surface area contributed by atoms with Gasteiger partial charge in [-0.1, -0.05) is 52.7 Å². The van der Waals surface area contributed by atoms with Gasteiger partial charge in [-0.3, -0.25) is 0 Å². The normalized spacial score (nSPS) is 25.7. The van der Waals surface area contributed by atoms with E-state index < -0.39 is 0 Å². The molecular weight excluding hydrogens is 248 g/mol. The van der Waals surface area contributed by atoms with Crippen LogP contribution < -0.4 is 0 Å². The van der Waals surface area contributed by atoms with E-state index in [1.807, 2.05) is 0 Å². The van der Waals surface area contributed by atoms with E-state index in [0.29, 0.717) is 0 Å². The fourth-order valence-corrected chi connectivity index (χ4v) is 3.31. The molecule has 0 radical (unpaired) electrons. The van der Waals surface area contributed by atoms with E-state index in [-0.39, 0.29) is 0 Å². The van der Waals surface area contributed by atoms with Crippen LogP contribution in [0.4, 0.5) is 0 Å². The van der Waals surface area contributed by atoms with Crippen LogP contribution in [0.5, 0.6) is 0 Å². The molecule has 1 heteroatoms. The third-order valence-corrected chi connectivity index (χ3v) is 4.23. The predicted molar refractivity (Wildman–Crippen MR) is 69.4 cm³/mol. The molecule has 2 unspecified atom stereocenters. The van der Waals surface area contributed by atoms with Gasteiger partial charge in [-0.2, -0.15) is 0 Å². The number of rotatable bonds is 4. The van der Waals surface area contributed by atoms with E-state index in [0.717, 1.165) is 10.7 Å². The van der Waals surface area contributed by atoms with Crippen molar-refractivity contribution >= 4 is 15.9 Å². The van der Waals surface area contributed by atoms with Gasteiger partial charge in [-0.15, -0.1) is 0 Å². The summed E-state index contributed by atoms with van der Waals surface area (Å²) in [5.41, 5.74) is 1.49. The Bertz CT molecular complexity index is 281. The zero-order chi connectivity index (χ0) is 10.5. The van der Waals surface area contributed by atoms with Crippen LogP contribution in [0.15, 0.2) is 30.3 Å². The van der Waals surface area contributed by atoms with E-state index >= 15 is 0 Å². The lowest BCUT2D eigenvalue weighted by atomic mass is 9.98. The van der Waals surface area contributed by atoms with Crippen molar-refractivity contribution in [1.82, 2.24) is 0 Å². The minimum atomic E-state index is 0.805. The van der Waals surface area contributed by atoms with Crippen LogP contribution in [0.25, 0.3) is 0 Å². The van der Waals surface area contributed by atoms with Gasteiger partial charge in [-0.05, 0) is 43.6 Å². The first-order valence-corrected chi connectivity index (χ1v) is 6.94. The zero-order valence-corrected chi connectivity index (χ0v) is 10.7. The lowest BCUT2D eigenvalue weighted by Gasteiger charge is -2.08. The molecule has 2 atom stereocenters. The number of halogens is 1. The molecule has 1 aliphatic carbocycles. The Hall–Kier alpha value is -0.300. The summed E-state index contributed by atoms with van der Waals surface area (Å²) in [7, 11) is 0. The lowest BCUT2D eigenvalue weighted by Crippen LogP contribution is -1.96. The van der Waals surface area contributed by atoms with Crippen molar-refractivity contribution < 1.29 is 0 Å². The predicted octanol–water partition coefficient (Wildman–Crippen LogP) is 4.57. The van der Waals surface area contributed by atoms with E-state index in [2.05, 4.69) is 46.3 Å². The minimum absolute atomic E-state index is 0.805. The second kappa shape index (κ2) is 5.69. The maximum atomic E-state index is 3.72. The molecular formula is C14H19Br. The molecule has 0 aromatic heterocycles. The summed E-state index contributed by atoms with van der Waals surface area (Å²) in [6.45, 7) is 0. The lowest BCUT2D eigenvalue weighted by molar-refractivity contribution is 0.485. The van der Waals surface area contributed by atoms with Crippen LogP contribution in [-0.2, 0) is 6.42 Å². The van der Waals surface area contributed by atoms with Crippen LogP contribution in [0, 0.1) is 5.92 Å². The van der Waals surface area contributed by atoms with Crippen molar-refractivity contribution in [3.63, 3.8) is 0 Å². The average molecular weight is 267 g/mol. The molecule has 0 aliphatic heterocycles. The molecule has 2 rings (SSSR count). The third kappa shape index (κ3) is 3.64. The number of alkyl halides is 1. The van der Waals surface area contributed by atoms with Crippen molar-refractivity contribution in [1.29, 1.82) is 0 Å². The standard InChI is InChI=1S/C14H19Br/c15-14-10-9-13(11-14)8-4-7-12-5-2-1-3-6-12/h1-3,5-6,13-14H,4,7-11H2. The molecule has 0 bridgehead atoms. The Morgan fingerprint density at radius 1 is 1.13 bits per heavy atom. The highest BCUT2D eigenvalue weighted by Crippen LogP contribution is 2.33. The van der Waals surface area contributed by atoms with Crippen LogP contribution >= 0.6 is 15.9 Å². The molecule has 1 aromatic rings. The maximum Gasteiger partial charge on any atom is 0.0148 e. The summed E-state index contributed by atoms with van der Waals surface area (Å²) in [5.74, 6) is 0.984. The van der Waals surface area contributed by atoms with Gasteiger partial charge in [0, 0.05) is 4.83 Å². The van der Waals surface area contributed by atoms with Crippen LogP contribution in [0.3, 0.4) is 0 Å². The number of benzene rings is 1. The average Bonchev–Trinajstić information content (AvgIpc) is 2.66. The van der Waals surface area contributed by atoms with E-state index in [1.54, 1.807) is 0 Å². The van der Waals surface area contributed by atoms with E-state index in [9.17, 15) is 0 Å². The Morgan fingerprint density at radius 2 is 1.93 bits per heavy atom. The Labute approximate surface area is 101 Å². The van der Waals surface area contributed by atoms with Gasteiger partial charge >= 0.3 is 0 Å². The molecule has 1 aromatic carbocycles. The summed E-state index contributed by atoms with van der Waals surface area (Å²) in [6, 6.07) is 10.8. The monoisotopic (exact) mass is 266 g/mol. The summed E-state index contributed by atoms with van der Waals surface area (Å²) < 4.78 is 0. The second-order valence-corrected chi connectivity index (χ2v) is 5.95. The van der Waals surface area contributed by atoms with Crippen molar-refractivity contribution in [2.24, 2.45) is 5.92 Å². The highest BCUT2D eigenvalue weighted by Gasteiger charge is 2.21. The van der Waals surface area contributed by atoms with Crippen LogP contribution in [0.2, 0.25) is 0 Å².